The Balaban J connectivity index is 1.95. The summed E-state index contributed by atoms with van der Waals surface area (Å²) in [7, 11) is 0. The highest BCUT2D eigenvalue weighted by Crippen LogP contribution is 2.39. The normalized spacial score (nSPS) is 19.0. The summed E-state index contributed by atoms with van der Waals surface area (Å²) in [5.41, 5.74) is 5.47. The molecule has 1 saturated carbocycles. The molecule has 1 aliphatic carbocycles. The first-order chi connectivity index (χ1) is 9.44. The van der Waals surface area contributed by atoms with Crippen molar-refractivity contribution in [2.45, 2.75) is 38.3 Å². The van der Waals surface area contributed by atoms with Crippen molar-refractivity contribution in [3.05, 3.63) is 29.3 Å². The van der Waals surface area contributed by atoms with Gasteiger partial charge in [-0.2, -0.15) is 0 Å². The van der Waals surface area contributed by atoms with Gasteiger partial charge in [-0.25, -0.2) is 0 Å². The quantitative estimate of drug-likeness (QED) is 0.847. The summed E-state index contributed by atoms with van der Waals surface area (Å²) < 4.78 is 5.61. The van der Waals surface area contributed by atoms with Gasteiger partial charge in [0.2, 0.25) is 0 Å². The molecule has 5 heteroatoms. The van der Waals surface area contributed by atoms with Crippen LogP contribution in [-0.4, -0.2) is 24.1 Å². The number of ether oxygens (including phenoxy) is 1. The molecule has 0 aromatic heterocycles. The maximum Gasteiger partial charge on any atom is 0.261 e. The van der Waals surface area contributed by atoms with E-state index in [0.29, 0.717) is 23.2 Å². The van der Waals surface area contributed by atoms with E-state index in [4.69, 9.17) is 22.1 Å². The number of halogens is 1. The van der Waals surface area contributed by atoms with Crippen molar-refractivity contribution < 1.29 is 9.53 Å². The predicted molar refractivity (Wildman–Crippen MR) is 79.9 cm³/mol. The molecule has 3 N–H and O–H groups in total. The van der Waals surface area contributed by atoms with Crippen LogP contribution in [0.2, 0.25) is 5.02 Å². The molecule has 0 saturated heterocycles. The summed E-state index contributed by atoms with van der Waals surface area (Å²) >= 11 is 5.89. The van der Waals surface area contributed by atoms with E-state index in [0.717, 1.165) is 12.8 Å². The second-order valence-electron chi connectivity index (χ2n) is 5.60. The van der Waals surface area contributed by atoms with E-state index in [1.807, 2.05) is 6.92 Å². The number of hydrogen-bond acceptors (Lipinski definition) is 3. The summed E-state index contributed by atoms with van der Waals surface area (Å²) in [6.07, 6.45) is 1.66. The van der Waals surface area contributed by atoms with Crippen LogP contribution in [0.25, 0.3) is 0 Å². The number of benzene rings is 1. The SMILES string of the molecule is CC(Oc1cccc(Cl)c1)C(=O)NC(C)(CN)C1CC1. The number of carbonyl (C=O) groups excluding carboxylic acids is 1. The lowest BCUT2D eigenvalue weighted by Crippen LogP contribution is -2.56. The second kappa shape index (κ2) is 6.02. The van der Waals surface area contributed by atoms with Crippen LogP contribution in [0.15, 0.2) is 24.3 Å². The van der Waals surface area contributed by atoms with Crippen LogP contribution in [0, 0.1) is 5.92 Å². The highest BCUT2D eigenvalue weighted by atomic mass is 35.5. The van der Waals surface area contributed by atoms with Gasteiger partial charge in [0.1, 0.15) is 5.75 Å². The molecule has 0 bridgehead atoms. The Bertz CT molecular complexity index is 491. The lowest BCUT2D eigenvalue weighted by atomic mass is 9.95. The molecule has 1 fully saturated rings. The molecular formula is C15H21ClN2O2. The van der Waals surface area contributed by atoms with Crippen LogP contribution >= 0.6 is 11.6 Å². The van der Waals surface area contributed by atoms with E-state index >= 15 is 0 Å². The molecule has 4 nitrogen and oxygen atoms in total. The van der Waals surface area contributed by atoms with E-state index in [9.17, 15) is 4.79 Å². The summed E-state index contributed by atoms with van der Waals surface area (Å²) in [6, 6.07) is 7.02. The fourth-order valence-corrected chi connectivity index (χ4v) is 2.40. The van der Waals surface area contributed by atoms with Crippen LogP contribution in [0.5, 0.6) is 5.75 Å². The van der Waals surface area contributed by atoms with Crippen LogP contribution in [0.1, 0.15) is 26.7 Å². The van der Waals surface area contributed by atoms with Crippen molar-refractivity contribution in [1.82, 2.24) is 5.32 Å². The molecular weight excluding hydrogens is 276 g/mol. The number of nitrogens with one attached hydrogen (secondary N) is 1. The van der Waals surface area contributed by atoms with E-state index in [1.54, 1.807) is 31.2 Å². The molecule has 0 radical (unpaired) electrons. The van der Waals surface area contributed by atoms with Gasteiger partial charge in [-0.3, -0.25) is 4.79 Å². The van der Waals surface area contributed by atoms with Crippen molar-refractivity contribution in [2.75, 3.05) is 6.54 Å². The molecule has 2 atom stereocenters. The number of amides is 1. The maximum absolute atomic E-state index is 12.2. The fourth-order valence-electron chi connectivity index (χ4n) is 2.22. The first kappa shape index (κ1) is 15.1. The molecule has 2 rings (SSSR count). The van der Waals surface area contributed by atoms with E-state index in [2.05, 4.69) is 5.32 Å². The molecule has 1 aliphatic rings. The Kier molecular flexibility index (Phi) is 4.55. The topological polar surface area (TPSA) is 64.3 Å². The minimum atomic E-state index is -0.585. The smallest absolute Gasteiger partial charge is 0.261 e. The lowest BCUT2D eigenvalue weighted by Gasteiger charge is -2.30. The molecule has 0 spiro atoms. The minimum Gasteiger partial charge on any atom is -0.481 e. The third kappa shape index (κ3) is 3.64. The molecule has 0 aliphatic heterocycles. The van der Waals surface area contributed by atoms with Gasteiger partial charge in [-0.1, -0.05) is 17.7 Å². The zero-order valence-electron chi connectivity index (χ0n) is 11.9. The van der Waals surface area contributed by atoms with Gasteiger partial charge in [-0.15, -0.1) is 0 Å². The summed E-state index contributed by atoms with van der Waals surface area (Å²) in [6.45, 7) is 4.15. The van der Waals surface area contributed by atoms with Gasteiger partial charge in [0.15, 0.2) is 6.10 Å². The third-order valence-electron chi connectivity index (χ3n) is 3.79. The van der Waals surface area contributed by atoms with Crippen molar-refractivity contribution in [2.24, 2.45) is 11.7 Å². The molecule has 0 heterocycles. The van der Waals surface area contributed by atoms with E-state index in [-0.39, 0.29) is 11.4 Å². The highest BCUT2D eigenvalue weighted by molar-refractivity contribution is 6.30. The Labute approximate surface area is 124 Å². The summed E-state index contributed by atoms with van der Waals surface area (Å²) in [4.78, 5) is 12.2. The van der Waals surface area contributed by atoms with Crippen LogP contribution in [-0.2, 0) is 4.79 Å². The Morgan fingerprint density at radius 2 is 2.30 bits per heavy atom. The van der Waals surface area contributed by atoms with Gasteiger partial charge < -0.3 is 15.8 Å². The second-order valence-corrected chi connectivity index (χ2v) is 6.04. The first-order valence-corrected chi connectivity index (χ1v) is 7.27. The lowest BCUT2D eigenvalue weighted by molar-refractivity contribution is -0.129. The van der Waals surface area contributed by atoms with Crippen molar-refractivity contribution in [3.63, 3.8) is 0 Å². The summed E-state index contributed by atoms with van der Waals surface area (Å²) in [5, 5.41) is 3.60. The Morgan fingerprint density at radius 3 is 2.85 bits per heavy atom. The highest BCUT2D eigenvalue weighted by Gasteiger charge is 2.42. The Morgan fingerprint density at radius 1 is 1.60 bits per heavy atom. The van der Waals surface area contributed by atoms with Crippen molar-refractivity contribution in [1.29, 1.82) is 0 Å². The Hall–Kier alpha value is -1.26. The number of hydrogen-bond donors (Lipinski definition) is 2. The molecule has 20 heavy (non-hydrogen) atoms. The molecule has 1 aromatic carbocycles. The molecule has 1 aromatic rings. The van der Waals surface area contributed by atoms with Gasteiger partial charge >= 0.3 is 0 Å². The van der Waals surface area contributed by atoms with Gasteiger partial charge in [0.25, 0.3) is 5.91 Å². The standard InChI is InChI=1S/C15H21ClN2O2/c1-10(20-13-5-3-4-12(16)8-13)14(19)18-15(2,9-17)11-6-7-11/h3-5,8,10-11H,6-7,9,17H2,1-2H3,(H,18,19). The predicted octanol–water partition coefficient (Wildman–Crippen LogP) is 2.35. The van der Waals surface area contributed by atoms with Crippen LogP contribution in [0.4, 0.5) is 0 Å². The van der Waals surface area contributed by atoms with Crippen molar-refractivity contribution >= 4 is 17.5 Å². The third-order valence-corrected chi connectivity index (χ3v) is 4.02. The van der Waals surface area contributed by atoms with Crippen LogP contribution in [0.3, 0.4) is 0 Å². The summed E-state index contributed by atoms with van der Waals surface area (Å²) in [5.74, 6) is 0.917. The van der Waals surface area contributed by atoms with Gasteiger partial charge in [0.05, 0.1) is 5.54 Å². The number of carbonyl (C=O) groups is 1. The van der Waals surface area contributed by atoms with Gasteiger partial charge in [-0.05, 0) is 50.8 Å². The molecule has 2 unspecified atom stereocenters. The van der Waals surface area contributed by atoms with Crippen LogP contribution < -0.4 is 15.8 Å². The zero-order chi connectivity index (χ0) is 14.8. The monoisotopic (exact) mass is 296 g/mol. The van der Waals surface area contributed by atoms with E-state index < -0.39 is 6.10 Å². The molecule has 110 valence electrons. The van der Waals surface area contributed by atoms with E-state index in [1.165, 1.54) is 0 Å². The van der Waals surface area contributed by atoms with Crippen molar-refractivity contribution in [3.8, 4) is 5.75 Å². The average molecular weight is 297 g/mol. The number of rotatable bonds is 6. The molecule has 1 amide bonds. The average Bonchev–Trinajstić information content (AvgIpc) is 3.23. The zero-order valence-corrected chi connectivity index (χ0v) is 12.6. The fraction of sp³-hybridized carbons (Fsp3) is 0.533. The van der Waals surface area contributed by atoms with Gasteiger partial charge in [0, 0.05) is 11.6 Å². The largest absolute Gasteiger partial charge is 0.481 e. The number of nitrogens with two attached hydrogens (primary N) is 1. The minimum absolute atomic E-state index is 0.148. The first-order valence-electron chi connectivity index (χ1n) is 6.89. The maximum atomic E-state index is 12.2.